The first-order valence-corrected chi connectivity index (χ1v) is 9.85. The van der Waals surface area contributed by atoms with E-state index in [1.807, 2.05) is 31.2 Å². The number of hydrogen-bond donors (Lipinski definition) is 1. The summed E-state index contributed by atoms with van der Waals surface area (Å²) in [6.45, 7) is 2.19. The maximum absolute atomic E-state index is 13.9. The summed E-state index contributed by atoms with van der Waals surface area (Å²) in [5.41, 5.74) is 3.33. The number of carbonyl (C=O) groups excluding carboxylic acids is 1. The second kappa shape index (κ2) is 8.36. The number of anilines is 1. The van der Waals surface area contributed by atoms with Gasteiger partial charge >= 0.3 is 0 Å². The van der Waals surface area contributed by atoms with E-state index < -0.39 is 0 Å². The molecule has 9 heteroatoms. The normalized spacial score (nSPS) is 11.0. The molecular weight excluding hydrogens is 391 g/mol. The number of halogens is 1. The quantitative estimate of drug-likeness (QED) is 0.389. The molecule has 2 heterocycles. The van der Waals surface area contributed by atoms with Crippen molar-refractivity contribution in [3.63, 3.8) is 0 Å². The fourth-order valence-corrected chi connectivity index (χ4v) is 3.47. The number of benzene rings is 2. The predicted molar refractivity (Wildman–Crippen MR) is 109 cm³/mol. The Bertz CT molecular complexity index is 1160. The Labute approximate surface area is 170 Å². The second-order valence-corrected chi connectivity index (χ2v) is 7.36. The molecule has 0 bridgehead atoms. The van der Waals surface area contributed by atoms with E-state index in [0.717, 1.165) is 11.3 Å². The van der Waals surface area contributed by atoms with Gasteiger partial charge in [-0.1, -0.05) is 52.9 Å². The van der Waals surface area contributed by atoms with Crippen molar-refractivity contribution < 1.29 is 9.18 Å². The number of aryl methyl sites for hydroxylation is 1. The van der Waals surface area contributed by atoms with E-state index >= 15 is 0 Å². The number of nitrogens with one attached hydrogen (secondary N) is 1. The fraction of sp³-hybridized carbons (Fsp3) is 0.150. The first-order chi connectivity index (χ1) is 14.1. The van der Waals surface area contributed by atoms with E-state index in [1.165, 1.54) is 28.8 Å². The molecule has 0 saturated heterocycles. The van der Waals surface area contributed by atoms with E-state index in [-0.39, 0.29) is 24.0 Å². The summed E-state index contributed by atoms with van der Waals surface area (Å²) in [5.74, 6) is -0.294. The maximum atomic E-state index is 13.9. The number of fused-ring (bicyclic) bond motifs is 1. The number of thioether (sulfide) groups is 1. The van der Waals surface area contributed by atoms with Gasteiger partial charge in [0.05, 0.1) is 12.3 Å². The van der Waals surface area contributed by atoms with Gasteiger partial charge in [-0.3, -0.25) is 4.79 Å². The molecule has 0 aliphatic heterocycles. The van der Waals surface area contributed by atoms with Gasteiger partial charge in [0.15, 0.2) is 11.2 Å². The molecule has 0 fully saturated rings. The third-order valence-corrected chi connectivity index (χ3v) is 5.20. The molecule has 0 aliphatic rings. The van der Waals surface area contributed by atoms with Crippen molar-refractivity contribution in [2.75, 3.05) is 11.1 Å². The van der Waals surface area contributed by atoms with Gasteiger partial charge < -0.3 is 5.32 Å². The van der Waals surface area contributed by atoms with Gasteiger partial charge in [-0.25, -0.2) is 19.0 Å². The van der Waals surface area contributed by atoms with Gasteiger partial charge in [-0.2, -0.15) is 0 Å². The number of aromatic nitrogens is 5. The van der Waals surface area contributed by atoms with Gasteiger partial charge in [0.2, 0.25) is 5.91 Å². The van der Waals surface area contributed by atoms with E-state index in [2.05, 4.69) is 25.6 Å². The van der Waals surface area contributed by atoms with Crippen LogP contribution >= 0.6 is 11.8 Å². The Morgan fingerprint density at radius 3 is 2.72 bits per heavy atom. The van der Waals surface area contributed by atoms with Crippen LogP contribution in [0, 0.1) is 12.7 Å². The molecule has 0 spiro atoms. The van der Waals surface area contributed by atoms with Crippen LogP contribution in [0.1, 0.15) is 11.1 Å². The van der Waals surface area contributed by atoms with E-state index in [4.69, 9.17) is 0 Å². The smallest absolute Gasteiger partial charge is 0.234 e. The van der Waals surface area contributed by atoms with Crippen LogP contribution < -0.4 is 5.32 Å². The molecule has 1 N–H and O–H groups in total. The number of nitrogens with zero attached hydrogens (tertiary/aromatic N) is 5. The lowest BCUT2D eigenvalue weighted by Crippen LogP contribution is -2.14. The molecule has 0 atom stereocenters. The lowest BCUT2D eigenvalue weighted by Gasteiger charge is -2.06. The largest absolute Gasteiger partial charge is 0.325 e. The molecule has 0 unspecified atom stereocenters. The molecule has 7 nitrogen and oxygen atoms in total. The monoisotopic (exact) mass is 408 g/mol. The van der Waals surface area contributed by atoms with Gasteiger partial charge in [0.1, 0.15) is 17.2 Å². The molecule has 0 radical (unpaired) electrons. The Morgan fingerprint density at radius 2 is 1.93 bits per heavy atom. The number of carbonyl (C=O) groups is 1. The first kappa shape index (κ1) is 19.0. The Balaban J connectivity index is 1.47. The minimum Gasteiger partial charge on any atom is -0.325 e. The number of hydrogen-bond acceptors (Lipinski definition) is 6. The van der Waals surface area contributed by atoms with Crippen molar-refractivity contribution in [3.8, 4) is 0 Å². The zero-order valence-electron chi connectivity index (χ0n) is 15.5. The zero-order valence-corrected chi connectivity index (χ0v) is 16.4. The zero-order chi connectivity index (χ0) is 20.2. The maximum Gasteiger partial charge on any atom is 0.234 e. The molecular formula is C20H17FN6OS. The van der Waals surface area contributed by atoms with Crippen molar-refractivity contribution in [2.24, 2.45) is 0 Å². The van der Waals surface area contributed by atoms with Gasteiger partial charge in [-0.15, -0.1) is 5.10 Å². The minimum atomic E-state index is -0.312. The highest BCUT2D eigenvalue weighted by Crippen LogP contribution is 2.23. The van der Waals surface area contributed by atoms with Crippen molar-refractivity contribution in [1.29, 1.82) is 0 Å². The van der Waals surface area contributed by atoms with Gasteiger partial charge in [0.25, 0.3) is 0 Å². The Kier molecular flexibility index (Phi) is 5.48. The Hall–Kier alpha value is -3.33. The molecule has 0 saturated carbocycles. The summed E-state index contributed by atoms with van der Waals surface area (Å²) in [6, 6.07) is 14.1. The van der Waals surface area contributed by atoms with Crippen LogP contribution in [0.4, 0.5) is 10.1 Å². The molecule has 2 aromatic carbocycles. The molecule has 1 amide bonds. The minimum absolute atomic E-state index is 0.149. The van der Waals surface area contributed by atoms with Gasteiger partial charge in [0, 0.05) is 11.3 Å². The summed E-state index contributed by atoms with van der Waals surface area (Å²) >= 11 is 1.25. The first-order valence-electron chi connectivity index (χ1n) is 8.87. The molecule has 146 valence electrons. The predicted octanol–water partition coefficient (Wildman–Crippen LogP) is 3.45. The second-order valence-electron chi connectivity index (χ2n) is 6.39. The lowest BCUT2D eigenvalue weighted by atomic mass is 10.2. The van der Waals surface area contributed by atoms with Crippen molar-refractivity contribution in [1.82, 2.24) is 25.0 Å². The van der Waals surface area contributed by atoms with Gasteiger partial charge in [-0.05, 0) is 25.1 Å². The Morgan fingerprint density at radius 1 is 1.14 bits per heavy atom. The molecule has 4 aromatic rings. The van der Waals surface area contributed by atoms with Crippen LogP contribution in [-0.2, 0) is 11.3 Å². The summed E-state index contributed by atoms with van der Waals surface area (Å²) in [7, 11) is 0. The highest BCUT2D eigenvalue weighted by atomic mass is 32.2. The molecule has 4 rings (SSSR count). The van der Waals surface area contributed by atoms with Crippen LogP contribution in [0.2, 0.25) is 0 Å². The average molecular weight is 408 g/mol. The van der Waals surface area contributed by atoms with E-state index in [1.54, 1.807) is 18.2 Å². The van der Waals surface area contributed by atoms with E-state index in [0.29, 0.717) is 21.8 Å². The summed E-state index contributed by atoms with van der Waals surface area (Å²) in [5, 5.41) is 11.6. The number of amides is 1. The molecule has 0 aliphatic carbocycles. The van der Waals surface area contributed by atoms with Crippen LogP contribution in [0.25, 0.3) is 11.2 Å². The lowest BCUT2D eigenvalue weighted by molar-refractivity contribution is -0.113. The topological polar surface area (TPSA) is 85.6 Å². The highest BCUT2D eigenvalue weighted by Gasteiger charge is 2.15. The third-order valence-electron chi connectivity index (χ3n) is 4.22. The molecule has 2 aromatic heterocycles. The van der Waals surface area contributed by atoms with Crippen LogP contribution in [0.3, 0.4) is 0 Å². The molecule has 29 heavy (non-hydrogen) atoms. The van der Waals surface area contributed by atoms with Crippen LogP contribution in [0.15, 0.2) is 59.9 Å². The summed E-state index contributed by atoms with van der Waals surface area (Å²) in [6.07, 6.45) is 1.39. The fourth-order valence-electron chi connectivity index (χ4n) is 2.74. The summed E-state index contributed by atoms with van der Waals surface area (Å²) < 4.78 is 15.4. The third kappa shape index (κ3) is 4.40. The van der Waals surface area contributed by atoms with Crippen LogP contribution in [0.5, 0.6) is 0 Å². The summed E-state index contributed by atoms with van der Waals surface area (Å²) in [4.78, 5) is 20.7. The van der Waals surface area contributed by atoms with Crippen molar-refractivity contribution in [2.45, 2.75) is 18.5 Å². The van der Waals surface area contributed by atoms with Crippen molar-refractivity contribution in [3.05, 3.63) is 71.8 Å². The average Bonchev–Trinajstić information content (AvgIpc) is 3.13. The van der Waals surface area contributed by atoms with E-state index in [9.17, 15) is 9.18 Å². The van der Waals surface area contributed by atoms with Crippen LogP contribution in [-0.4, -0.2) is 36.6 Å². The van der Waals surface area contributed by atoms with Crippen molar-refractivity contribution >= 4 is 34.5 Å². The highest BCUT2D eigenvalue weighted by molar-refractivity contribution is 8.00. The number of rotatable bonds is 6. The SMILES string of the molecule is Cc1ccc(NC(=O)CSc2ncnc3c2nnn3Cc2ccccc2F)cc1. The standard InChI is InChI=1S/C20H17FN6OS/c1-13-6-8-15(9-7-13)24-17(28)11-29-20-18-19(22-12-23-20)27(26-25-18)10-14-4-2-3-5-16(14)21/h2-9,12H,10-11H2,1H3,(H,24,28).